The average Bonchev–Trinajstić information content (AvgIpc) is 2.98. The summed E-state index contributed by atoms with van der Waals surface area (Å²) >= 11 is 0. The van der Waals surface area contributed by atoms with Crippen LogP contribution in [0.25, 0.3) is 16.9 Å². The van der Waals surface area contributed by atoms with E-state index in [0.29, 0.717) is 0 Å². The molecule has 0 aliphatic rings. The molecule has 0 aliphatic carbocycles. The zero-order valence-electron chi connectivity index (χ0n) is 13.7. The molecule has 0 amide bonds. The van der Waals surface area contributed by atoms with E-state index in [0.717, 1.165) is 29.1 Å². The van der Waals surface area contributed by atoms with Gasteiger partial charge in [-0.2, -0.15) is 0 Å². The minimum Gasteiger partial charge on any atom is -0.394 e. The van der Waals surface area contributed by atoms with Crippen molar-refractivity contribution in [3.05, 3.63) is 47.7 Å². The Morgan fingerprint density at radius 1 is 1.17 bits per heavy atom. The van der Waals surface area contributed by atoms with Crippen LogP contribution < -0.4 is 5.32 Å². The monoisotopic (exact) mass is 310 g/mol. The number of anilines is 1. The minimum absolute atomic E-state index is 0.00791. The van der Waals surface area contributed by atoms with Gasteiger partial charge in [0.1, 0.15) is 5.82 Å². The zero-order chi connectivity index (χ0) is 16.4. The van der Waals surface area contributed by atoms with Crippen LogP contribution in [0.4, 0.5) is 5.82 Å². The van der Waals surface area contributed by atoms with E-state index in [1.54, 1.807) is 0 Å². The van der Waals surface area contributed by atoms with Gasteiger partial charge in [0.2, 0.25) is 0 Å². The Labute approximate surface area is 136 Å². The van der Waals surface area contributed by atoms with Gasteiger partial charge in [0, 0.05) is 5.56 Å². The first kappa shape index (κ1) is 15.5. The molecule has 2 heterocycles. The highest BCUT2D eigenvalue weighted by Crippen LogP contribution is 2.23. The quantitative estimate of drug-likeness (QED) is 0.759. The largest absolute Gasteiger partial charge is 0.394 e. The molecule has 1 atom stereocenters. The second kappa shape index (κ2) is 6.38. The van der Waals surface area contributed by atoms with Crippen LogP contribution in [0.15, 0.2) is 36.5 Å². The predicted molar refractivity (Wildman–Crippen MR) is 92.7 cm³/mol. The lowest BCUT2D eigenvalue weighted by Crippen LogP contribution is -2.23. The second-order valence-corrected chi connectivity index (χ2v) is 5.86. The fraction of sp³-hybridized carbons (Fsp3) is 0.333. The molecule has 0 saturated carbocycles. The van der Waals surface area contributed by atoms with Crippen molar-refractivity contribution in [3.63, 3.8) is 0 Å². The van der Waals surface area contributed by atoms with E-state index in [2.05, 4.69) is 47.4 Å². The van der Waals surface area contributed by atoms with Gasteiger partial charge < -0.3 is 10.4 Å². The van der Waals surface area contributed by atoms with Crippen LogP contribution in [0.3, 0.4) is 0 Å². The molecule has 5 nitrogen and oxygen atoms in total. The van der Waals surface area contributed by atoms with Crippen molar-refractivity contribution in [1.29, 1.82) is 0 Å². The lowest BCUT2D eigenvalue weighted by atomic mass is 10.0. The lowest BCUT2D eigenvalue weighted by Gasteiger charge is -2.14. The normalized spacial score (nSPS) is 12.5. The molecule has 1 aromatic carbocycles. The third-order valence-electron chi connectivity index (χ3n) is 4.23. The number of hydrogen-bond acceptors (Lipinski definition) is 4. The van der Waals surface area contributed by atoms with E-state index in [4.69, 9.17) is 0 Å². The number of nitrogens with zero attached hydrogens (tertiary/aromatic N) is 3. The number of aryl methyl sites for hydroxylation is 2. The fourth-order valence-electron chi connectivity index (χ4n) is 2.53. The summed E-state index contributed by atoms with van der Waals surface area (Å²) in [6, 6.07) is 10.2. The lowest BCUT2D eigenvalue weighted by molar-refractivity contribution is 0.271. The number of nitrogens with one attached hydrogen (secondary N) is 1. The molecule has 0 fully saturated rings. The summed E-state index contributed by atoms with van der Waals surface area (Å²) in [7, 11) is 0. The standard InChI is InChI=1S/C18H22N4O/c1-4-15(11-23)20-17-7-8-18-19-10-16(22(18)21-17)14-6-5-12(2)13(3)9-14/h5-10,15,23H,4,11H2,1-3H3,(H,20,21). The molecule has 2 aromatic heterocycles. The van der Waals surface area contributed by atoms with Crippen molar-refractivity contribution in [1.82, 2.24) is 14.6 Å². The molecule has 1 unspecified atom stereocenters. The van der Waals surface area contributed by atoms with Crippen LogP contribution in [-0.2, 0) is 0 Å². The molecule has 0 aliphatic heterocycles. The van der Waals surface area contributed by atoms with Gasteiger partial charge in [0.25, 0.3) is 0 Å². The Morgan fingerprint density at radius 2 is 2.00 bits per heavy atom. The van der Waals surface area contributed by atoms with Crippen molar-refractivity contribution in [3.8, 4) is 11.3 Å². The molecule has 23 heavy (non-hydrogen) atoms. The van der Waals surface area contributed by atoms with E-state index < -0.39 is 0 Å². The van der Waals surface area contributed by atoms with Gasteiger partial charge in [0.15, 0.2) is 5.65 Å². The van der Waals surface area contributed by atoms with Crippen LogP contribution >= 0.6 is 0 Å². The Balaban J connectivity index is 2.02. The Hall–Kier alpha value is -2.40. The summed E-state index contributed by atoms with van der Waals surface area (Å²) in [4.78, 5) is 4.43. The maximum Gasteiger partial charge on any atom is 0.154 e. The van der Waals surface area contributed by atoms with Gasteiger partial charge in [-0.25, -0.2) is 9.50 Å². The topological polar surface area (TPSA) is 62.5 Å². The molecular formula is C18H22N4O. The van der Waals surface area contributed by atoms with Crippen molar-refractivity contribution in [2.45, 2.75) is 33.2 Å². The molecule has 5 heteroatoms. The minimum atomic E-state index is 0.00791. The number of fused-ring (bicyclic) bond motifs is 1. The molecule has 0 radical (unpaired) electrons. The molecule has 0 spiro atoms. The molecule has 3 aromatic rings. The average molecular weight is 310 g/mol. The summed E-state index contributed by atoms with van der Waals surface area (Å²) in [6.45, 7) is 6.33. The van der Waals surface area contributed by atoms with E-state index in [-0.39, 0.29) is 12.6 Å². The zero-order valence-corrected chi connectivity index (χ0v) is 13.7. The van der Waals surface area contributed by atoms with Crippen LogP contribution in [-0.4, -0.2) is 32.4 Å². The number of rotatable bonds is 5. The first-order valence-electron chi connectivity index (χ1n) is 7.92. The number of aromatic nitrogens is 3. The molecule has 0 saturated heterocycles. The molecule has 3 rings (SSSR count). The van der Waals surface area contributed by atoms with E-state index in [1.165, 1.54) is 11.1 Å². The molecular weight excluding hydrogens is 288 g/mol. The molecule has 2 N–H and O–H groups in total. The first-order valence-corrected chi connectivity index (χ1v) is 7.92. The summed E-state index contributed by atoms with van der Waals surface area (Å²) in [6.07, 6.45) is 2.68. The Morgan fingerprint density at radius 3 is 2.70 bits per heavy atom. The maximum atomic E-state index is 9.34. The van der Waals surface area contributed by atoms with Crippen LogP contribution in [0, 0.1) is 13.8 Å². The second-order valence-electron chi connectivity index (χ2n) is 5.86. The number of aliphatic hydroxyl groups excluding tert-OH is 1. The Bertz CT molecular complexity index is 821. The van der Waals surface area contributed by atoms with Gasteiger partial charge >= 0.3 is 0 Å². The van der Waals surface area contributed by atoms with Crippen LogP contribution in [0.1, 0.15) is 24.5 Å². The predicted octanol–water partition coefficient (Wildman–Crippen LogP) is 3.20. The third-order valence-corrected chi connectivity index (χ3v) is 4.23. The number of benzene rings is 1. The highest BCUT2D eigenvalue weighted by Gasteiger charge is 2.10. The first-order chi connectivity index (χ1) is 11.1. The third kappa shape index (κ3) is 3.05. The smallest absolute Gasteiger partial charge is 0.154 e. The summed E-state index contributed by atoms with van der Waals surface area (Å²) < 4.78 is 1.84. The highest BCUT2D eigenvalue weighted by atomic mass is 16.3. The van der Waals surface area contributed by atoms with E-state index in [9.17, 15) is 5.11 Å². The number of aliphatic hydroxyl groups is 1. The summed E-state index contributed by atoms with van der Waals surface area (Å²) in [5.74, 6) is 0.737. The van der Waals surface area contributed by atoms with Crippen molar-refractivity contribution >= 4 is 11.5 Å². The van der Waals surface area contributed by atoms with Gasteiger partial charge in [-0.3, -0.25) is 0 Å². The van der Waals surface area contributed by atoms with Gasteiger partial charge in [-0.05, 0) is 49.6 Å². The summed E-state index contributed by atoms with van der Waals surface area (Å²) in [5.41, 5.74) is 5.38. The molecule has 0 bridgehead atoms. The van der Waals surface area contributed by atoms with Gasteiger partial charge in [0.05, 0.1) is 24.5 Å². The van der Waals surface area contributed by atoms with E-state index >= 15 is 0 Å². The van der Waals surface area contributed by atoms with Crippen LogP contribution in [0.2, 0.25) is 0 Å². The Kier molecular flexibility index (Phi) is 4.30. The van der Waals surface area contributed by atoms with Gasteiger partial charge in [-0.15, -0.1) is 5.10 Å². The maximum absolute atomic E-state index is 9.34. The number of imidazole rings is 1. The van der Waals surface area contributed by atoms with Gasteiger partial charge in [-0.1, -0.05) is 19.1 Å². The summed E-state index contributed by atoms with van der Waals surface area (Å²) in [5, 5.41) is 17.2. The molecule has 120 valence electrons. The van der Waals surface area contributed by atoms with Crippen molar-refractivity contribution < 1.29 is 5.11 Å². The highest BCUT2D eigenvalue weighted by molar-refractivity contribution is 5.65. The number of hydrogen-bond donors (Lipinski definition) is 2. The SMILES string of the molecule is CCC(CO)Nc1ccc2ncc(-c3ccc(C)c(C)c3)n2n1. The fourth-order valence-corrected chi connectivity index (χ4v) is 2.53. The van der Waals surface area contributed by atoms with Crippen molar-refractivity contribution in [2.75, 3.05) is 11.9 Å². The van der Waals surface area contributed by atoms with Crippen LogP contribution in [0.5, 0.6) is 0 Å². The van der Waals surface area contributed by atoms with Crippen molar-refractivity contribution in [2.24, 2.45) is 0 Å². The van der Waals surface area contributed by atoms with E-state index in [1.807, 2.05) is 29.8 Å².